The van der Waals surface area contributed by atoms with Crippen LogP contribution in [0.1, 0.15) is 40.9 Å². The Bertz CT molecular complexity index is 712. The molecular weight excluding hydrogens is 356 g/mol. The van der Waals surface area contributed by atoms with Gasteiger partial charge in [0, 0.05) is 34.5 Å². The van der Waals surface area contributed by atoms with Crippen molar-refractivity contribution in [3.8, 4) is 0 Å². The zero-order chi connectivity index (χ0) is 17.6. The van der Waals surface area contributed by atoms with Crippen LogP contribution < -0.4 is 5.32 Å². The van der Waals surface area contributed by atoms with Gasteiger partial charge in [-0.15, -0.1) is 11.3 Å². The molecule has 0 saturated heterocycles. The minimum atomic E-state index is -0.137. The molecule has 4 nitrogen and oxygen atoms in total. The van der Waals surface area contributed by atoms with E-state index in [1.54, 1.807) is 35.6 Å². The Labute approximate surface area is 156 Å². The maximum Gasteiger partial charge on any atom is 0.251 e. The molecule has 0 aliphatic heterocycles. The zero-order valence-electron chi connectivity index (χ0n) is 13.9. The molecule has 0 radical (unpaired) electrons. The molecule has 1 aromatic carbocycles. The molecule has 1 saturated carbocycles. The molecule has 2 aromatic rings. The summed E-state index contributed by atoms with van der Waals surface area (Å²) in [5, 5.41) is 5.50. The SMILES string of the molecule is O=C(NCCCC(=O)N(Cc1cccs1)C1CC1)c1ccc(Cl)cc1. The van der Waals surface area contributed by atoms with E-state index in [-0.39, 0.29) is 11.8 Å². The van der Waals surface area contributed by atoms with Gasteiger partial charge in [-0.2, -0.15) is 0 Å². The van der Waals surface area contributed by atoms with Gasteiger partial charge in [0.25, 0.3) is 5.91 Å². The van der Waals surface area contributed by atoms with E-state index >= 15 is 0 Å². The van der Waals surface area contributed by atoms with Gasteiger partial charge in [-0.25, -0.2) is 0 Å². The van der Waals surface area contributed by atoms with Crippen molar-refractivity contribution in [3.63, 3.8) is 0 Å². The van der Waals surface area contributed by atoms with E-state index in [0.717, 1.165) is 12.8 Å². The average Bonchev–Trinajstić information content (AvgIpc) is 3.32. The molecule has 2 amide bonds. The van der Waals surface area contributed by atoms with Crippen LogP contribution in [0.15, 0.2) is 41.8 Å². The lowest BCUT2D eigenvalue weighted by Crippen LogP contribution is -2.33. The Kier molecular flexibility index (Phi) is 6.10. The number of hydrogen-bond acceptors (Lipinski definition) is 3. The third-order valence-electron chi connectivity index (χ3n) is 4.17. The molecule has 1 aliphatic carbocycles. The fourth-order valence-corrected chi connectivity index (χ4v) is 3.49. The number of amides is 2. The topological polar surface area (TPSA) is 49.4 Å². The molecule has 6 heteroatoms. The van der Waals surface area contributed by atoms with Crippen LogP contribution in [0.25, 0.3) is 0 Å². The minimum absolute atomic E-state index is 0.137. The first-order chi connectivity index (χ1) is 12.1. The molecule has 132 valence electrons. The van der Waals surface area contributed by atoms with E-state index in [2.05, 4.69) is 11.4 Å². The number of hydrogen-bond donors (Lipinski definition) is 1. The second kappa shape index (κ2) is 8.50. The highest BCUT2D eigenvalue weighted by molar-refractivity contribution is 7.09. The zero-order valence-corrected chi connectivity index (χ0v) is 15.5. The number of rotatable bonds is 8. The van der Waals surface area contributed by atoms with Crippen molar-refractivity contribution < 1.29 is 9.59 Å². The van der Waals surface area contributed by atoms with Gasteiger partial charge in [0.1, 0.15) is 0 Å². The van der Waals surface area contributed by atoms with Crippen molar-refractivity contribution in [1.29, 1.82) is 0 Å². The Morgan fingerprint density at radius 1 is 1.20 bits per heavy atom. The summed E-state index contributed by atoms with van der Waals surface area (Å²) < 4.78 is 0. The maximum atomic E-state index is 12.5. The molecular formula is C19H21ClN2O2S. The van der Waals surface area contributed by atoms with Crippen LogP contribution in [0.5, 0.6) is 0 Å². The summed E-state index contributed by atoms with van der Waals surface area (Å²) in [6, 6.07) is 11.3. The number of carbonyl (C=O) groups is 2. The number of nitrogens with zero attached hydrogens (tertiary/aromatic N) is 1. The van der Waals surface area contributed by atoms with E-state index in [0.29, 0.717) is 42.6 Å². The van der Waals surface area contributed by atoms with E-state index in [9.17, 15) is 9.59 Å². The molecule has 1 aromatic heterocycles. The molecule has 0 bridgehead atoms. The predicted octanol–water partition coefficient (Wildman–Crippen LogP) is 4.10. The van der Waals surface area contributed by atoms with E-state index in [4.69, 9.17) is 11.6 Å². The standard InChI is InChI=1S/C19H21ClN2O2S/c20-15-7-5-14(6-8-15)19(24)21-11-1-4-18(23)22(16-9-10-16)13-17-3-2-12-25-17/h2-3,5-8,12,16H,1,4,9-11,13H2,(H,21,24). The van der Waals surface area contributed by atoms with Gasteiger partial charge in [0.15, 0.2) is 0 Å². The largest absolute Gasteiger partial charge is 0.352 e. The lowest BCUT2D eigenvalue weighted by atomic mass is 10.2. The summed E-state index contributed by atoms with van der Waals surface area (Å²) in [5.74, 6) is 0.0402. The molecule has 0 atom stereocenters. The van der Waals surface area contributed by atoms with Crippen molar-refractivity contribution in [2.75, 3.05) is 6.54 Å². The number of nitrogens with one attached hydrogen (secondary N) is 1. The number of halogens is 1. The van der Waals surface area contributed by atoms with Gasteiger partial charge in [0.2, 0.25) is 5.91 Å². The fraction of sp³-hybridized carbons (Fsp3) is 0.368. The van der Waals surface area contributed by atoms with Crippen LogP contribution in [0, 0.1) is 0 Å². The molecule has 1 fully saturated rings. The van der Waals surface area contributed by atoms with E-state index in [1.807, 2.05) is 16.3 Å². The van der Waals surface area contributed by atoms with Crippen molar-refractivity contribution in [2.24, 2.45) is 0 Å². The van der Waals surface area contributed by atoms with Gasteiger partial charge in [-0.3, -0.25) is 9.59 Å². The van der Waals surface area contributed by atoms with E-state index in [1.165, 1.54) is 4.88 Å². The van der Waals surface area contributed by atoms with Gasteiger partial charge in [0.05, 0.1) is 6.54 Å². The van der Waals surface area contributed by atoms with Gasteiger partial charge in [-0.05, 0) is 55.0 Å². The van der Waals surface area contributed by atoms with Crippen LogP contribution in [-0.2, 0) is 11.3 Å². The number of carbonyl (C=O) groups excluding carboxylic acids is 2. The van der Waals surface area contributed by atoms with Crippen LogP contribution >= 0.6 is 22.9 Å². The Balaban J connectivity index is 1.42. The number of thiophene rings is 1. The first-order valence-corrected chi connectivity index (χ1v) is 9.75. The Morgan fingerprint density at radius 3 is 2.60 bits per heavy atom. The summed E-state index contributed by atoms with van der Waals surface area (Å²) in [7, 11) is 0. The molecule has 3 rings (SSSR count). The lowest BCUT2D eigenvalue weighted by molar-refractivity contribution is -0.132. The predicted molar refractivity (Wildman–Crippen MR) is 101 cm³/mol. The summed E-state index contributed by atoms with van der Waals surface area (Å²) in [6.45, 7) is 1.20. The first-order valence-electron chi connectivity index (χ1n) is 8.49. The first kappa shape index (κ1) is 18.0. The molecule has 0 spiro atoms. The third-order valence-corrected chi connectivity index (χ3v) is 5.29. The number of benzene rings is 1. The van der Waals surface area contributed by atoms with Crippen molar-refractivity contribution >= 4 is 34.8 Å². The van der Waals surface area contributed by atoms with Crippen LogP contribution in [0.3, 0.4) is 0 Å². The fourth-order valence-electron chi connectivity index (χ4n) is 2.67. The lowest BCUT2D eigenvalue weighted by Gasteiger charge is -2.22. The maximum absolute atomic E-state index is 12.5. The quantitative estimate of drug-likeness (QED) is 0.705. The second-order valence-corrected chi connectivity index (χ2v) is 7.67. The van der Waals surface area contributed by atoms with E-state index < -0.39 is 0 Å². The van der Waals surface area contributed by atoms with Crippen molar-refractivity contribution in [1.82, 2.24) is 10.2 Å². The molecule has 1 aliphatic rings. The molecule has 25 heavy (non-hydrogen) atoms. The summed E-state index contributed by atoms with van der Waals surface area (Å²) in [5.41, 5.74) is 0.577. The minimum Gasteiger partial charge on any atom is -0.352 e. The van der Waals surface area contributed by atoms with Gasteiger partial charge >= 0.3 is 0 Å². The molecule has 0 unspecified atom stereocenters. The summed E-state index contributed by atoms with van der Waals surface area (Å²) in [6.07, 6.45) is 3.31. The van der Waals surface area contributed by atoms with Crippen LogP contribution in [0.4, 0.5) is 0 Å². The summed E-state index contributed by atoms with van der Waals surface area (Å²) >= 11 is 7.50. The Morgan fingerprint density at radius 2 is 1.96 bits per heavy atom. The second-order valence-electron chi connectivity index (χ2n) is 6.20. The van der Waals surface area contributed by atoms with Crippen molar-refractivity contribution in [2.45, 2.75) is 38.3 Å². The molecule has 1 N–H and O–H groups in total. The van der Waals surface area contributed by atoms with Gasteiger partial charge in [-0.1, -0.05) is 17.7 Å². The summed E-state index contributed by atoms with van der Waals surface area (Å²) in [4.78, 5) is 27.7. The highest BCUT2D eigenvalue weighted by atomic mass is 35.5. The highest BCUT2D eigenvalue weighted by Crippen LogP contribution is 2.29. The smallest absolute Gasteiger partial charge is 0.251 e. The van der Waals surface area contributed by atoms with Gasteiger partial charge < -0.3 is 10.2 Å². The Hall–Kier alpha value is -1.85. The third kappa shape index (κ3) is 5.31. The average molecular weight is 377 g/mol. The highest BCUT2D eigenvalue weighted by Gasteiger charge is 2.32. The monoisotopic (exact) mass is 376 g/mol. The normalized spacial score (nSPS) is 13.5. The van der Waals surface area contributed by atoms with Crippen LogP contribution in [-0.4, -0.2) is 29.3 Å². The molecule has 1 heterocycles. The van der Waals surface area contributed by atoms with Crippen molar-refractivity contribution in [3.05, 3.63) is 57.2 Å². The van der Waals surface area contributed by atoms with Crippen LogP contribution in [0.2, 0.25) is 5.02 Å².